The third kappa shape index (κ3) is 4.97. The van der Waals surface area contributed by atoms with Crippen LogP contribution < -0.4 is 5.43 Å². The SMILES string of the molecule is CCCC(C(=O)c1cc(C(OC)C(C)C)c(O)c(/C=N\NC)c1O)C1CC(O)C2(OC2CC)C(O)O1. The van der Waals surface area contributed by atoms with Crippen LogP contribution in [0.4, 0.5) is 0 Å². The topological polar surface area (TPSA) is 153 Å². The van der Waals surface area contributed by atoms with Gasteiger partial charge in [0.25, 0.3) is 0 Å². The minimum atomic E-state index is -1.37. The number of carbonyl (C=O) groups is 1. The van der Waals surface area contributed by atoms with Gasteiger partial charge in [-0.3, -0.25) is 4.79 Å². The van der Waals surface area contributed by atoms with E-state index in [1.54, 1.807) is 7.05 Å². The molecule has 7 unspecified atom stereocenters. The molecule has 2 saturated heterocycles. The Morgan fingerprint density at radius 3 is 2.50 bits per heavy atom. The van der Waals surface area contributed by atoms with Gasteiger partial charge in [-0.1, -0.05) is 34.1 Å². The molecule has 1 spiro atoms. The lowest BCUT2D eigenvalue weighted by Crippen LogP contribution is -2.55. The first-order valence-electron chi connectivity index (χ1n) is 12.6. The Kier molecular flexibility index (Phi) is 9.00. The highest BCUT2D eigenvalue weighted by atomic mass is 16.7. The molecule has 2 heterocycles. The molecule has 1 aromatic rings. The minimum absolute atomic E-state index is 0.0103. The quantitative estimate of drug-likeness (QED) is 0.131. The van der Waals surface area contributed by atoms with E-state index in [1.165, 1.54) is 19.4 Å². The standard InChI is InChI=1S/C26H40N2O8/c1-7-9-14(18-11-19(29)26(25(33)35-18)20(8-2)36-26)21(30)15-10-16(24(34-6)13(3)4)23(32)17(22(15)31)12-28-27-5/h10,12-14,18-20,24-25,27,29,31-33H,7-9,11H2,1-6H3/b28-12-. The molecule has 2 fully saturated rings. The first-order valence-corrected chi connectivity index (χ1v) is 12.6. The molecule has 1 aromatic carbocycles. The molecule has 2 aliphatic rings. The number of hydrogen-bond acceptors (Lipinski definition) is 10. The van der Waals surface area contributed by atoms with Crippen LogP contribution in [0, 0.1) is 11.8 Å². The van der Waals surface area contributed by atoms with Crippen molar-refractivity contribution in [2.75, 3.05) is 14.2 Å². The third-order valence-electron chi connectivity index (χ3n) is 7.31. The van der Waals surface area contributed by atoms with E-state index in [-0.39, 0.29) is 35.3 Å². The van der Waals surface area contributed by atoms with Crippen LogP contribution in [0.5, 0.6) is 11.5 Å². The van der Waals surface area contributed by atoms with Crippen molar-refractivity contribution in [2.24, 2.45) is 16.9 Å². The normalized spacial score (nSPS) is 29.6. The highest BCUT2D eigenvalue weighted by molar-refractivity contribution is 6.04. The Morgan fingerprint density at radius 2 is 2.00 bits per heavy atom. The minimum Gasteiger partial charge on any atom is -0.507 e. The number of phenols is 2. The number of aromatic hydroxyl groups is 2. The molecule has 2 aliphatic heterocycles. The van der Waals surface area contributed by atoms with Crippen LogP contribution in [0.25, 0.3) is 0 Å². The number of ketones is 1. The van der Waals surface area contributed by atoms with E-state index in [0.29, 0.717) is 24.8 Å². The molecule has 0 aliphatic carbocycles. The molecule has 0 aromatic heterocycles. The van der Waals surface area contributed by atoms with Gasteiger partial charge in [0.2, 0.25) is 0 Å². The number of hydrogen-bond donors (Lipinski definition) is 5. The van der Waals surface area contributed by atoms with Gasteiger partial charge in [0.05, 0.1) is 41.8 Å². The van der Waals surface area contributed by atoms with Gasteiger partial charge in [-0.05, 0) is 24.8 Å². The number of carbonyl (C=O) groups excluding carboxylic acids is 1. The predicted molar refractivity (Wildman–Crippen MR) is 133 cm³/mol. The zero-order chi connectivity index (χ0) is 26.8. The first kappa shape index (κ1) is 28.3. The Bertz CT molecular complexity index is 954. The molecule has 5 N–H and O–H groups in total. The summed E-state index contributed by atoms with van der Waals surface area (Å²) in [4.78, 5) is 13.9. The van der Waals surface area contributed by atoms with Crippen molar-refractivity contribution in [1.29, 1.82) is 0 Å². The van der Waals surface area contributed by atoms with E-state index in [0.717, 1.165) is 0 Å². The van der Waals surface area contributed by atoms with Gasteiger partial charge in [0.1, 0.15) is 11.5 Å². The van der Waals surface area contributed by atoms with Crippen LogP contribution >= 0.6 is 0 Å². The van der Waals surface area contributed by atoms with Crippen molar-refractivity contribution < 1.29 is 39.4 Å². The second-order valence-electron chi connectivity index (χ2n) is 9.91. The molecule has 7 atom stereocenters. The number of methoxy groups -OCH3 is 1. The summed E-state index contributed by atoms with van der Waals surface area (Å²) in [6, 6.07) is 1.45. The van der Waals surface area contributed by atoms with Crippen LogP contribution in [0.2, 0.25) is 0 Å². The molecule has 0 radical (unpaired) electrons. The highest BCUT2D eigenvalue weighted by Crippen LogP contribution is 2.50. The van der Waals surface area contributed by atoms with E-state index in [2.05, 4.69) is 10.5 Å². The smallest absolute Gasteiger partial charge is 0.189 e. The van der Waals surface area contributed by atoms with Gasteiger partial charge in [-0.2, -0.15) is 5.10 Å². The van der Waals surface area contributed by atoms with Crippen LogP contribution in [-0.4, -0.2) is 76.8 Å². The number of ether oxygens (including phenoxy) is 3. The summed E-state index contributed by atoms with van der Waals surface area (Å²) in [5, 5.41) is 47.5. The fourth-order valence-corrected chi connectivity index (χ4v) is 5.40. The van der Waals surface area contributed by atoms with E-state index < -0.39 is 47.7 Å². The summed E-state index contributed by atoms with van der Waals surface area (Å²) in [5.41, 5.74) is 1.75. The Balaban J connectivity index is 2.03. The molecule has 3 rings (SSSR count). The van der Waals surface area contributed by atoms with Crippen molar-refractivity contribution in [3.63, 3.8) is 0 Å². The number of aliphatic hydroxyl groups excluding tert-OH is 2. The van der Waals surface area contributed by atoms with Gasteiger partial charge >= 0.3 is 0 Å². The first-order chi connectivity index (χ1) is 17.1. The zero-order valence-corrected chi connectivity index (χ0v) is 21.9. The molecule has 0 saturated carbocycles. The van der Waals surface area contributed by atoms with E-state index >= 15 is 0 Å². The molecule has 202 valence electrons. The number of phenolic OH excluding ortho intramolecular Hbond substituents is 2. The molecular formula is C26H40N2O8. The predicted octanol–water partition coefficient (Wildman–Crippen LogP) is 2.61. The van der Waals surface area contributed by atoms with Crippen LogP contribution in [-0.2, 0) is 14.2 Å². The number of nitrogens with zero attached hydrogens (tertiary/aromatic N) is 1. The third-order valence-corrected chi connectivity index (χ3v) is 7.31. The van der Waals surface area contributed by atoms with Crippen molar-refractivity contribution in [3.8, 4) is 11.5 Å². The van der Waals surface area contributed by atoms with E-state index in [9.17, 15) is 25.2 Å². The van der Waals surface area contributed by atoms with E-state index in [4.69, 9.17) is 14.2 Å². The molecular weight excluding hydrogens is 468 g/mol. The summed E-state index contributed by atoms with van der Waals surface area (Å²) in [7, 11) is 3.08. The molecule has 0 amide bonds. The fraction of sp³-hybridized carbons (Fsp3) is 0.692. The lowest BCUT2D eigenvalue weighted by atomic mass is 9.80. The second kappa shape index (κ2) is 11.4. The van der Waals surface area contributed by atoms with E-state index in [1.807, 2.05) is 27.7 Å². The lowest BCUT2D eigenvalue weighted by molar-refractivity contribution is -0.239. The Labute approximate surface area is 212 Å². The van der Waals surface area contributed by atoms with Gasteiger partial charge in [0, 0.05) is 32.1 Å². The number of nitrogens with one attached hydrogen (secondary N) is 1. The molecule has 36 heavy (non-hydrogen) atoms. The average Bonchev–Trinajstić information content (AvgIpc) is 3.58. The Hall–Kier alpha value is -2.24. The molecule has 0 bridgehead atoms. The number of aliphatic hydroxyl groups is 2. The number of Topliss-reactive ketones (excluding diaryl/α,β-unsaturated/α-hetero) is 1. The number of epoxide rings is 1. The highest BCUT2D eigenvalue weighted by Gasteiger charge is 2.68. The summed E-state index contributed by atoms with van der Waals surface area (Å²) in [6.07, 6.45) is -0.989. The number of rotatable bonds is 11. The van der Waals surface area contributed by atoms with Gasteiger partial charge in [-0.25, -0.2) is 0 Å². The summed E-state index contributed by atoms with van der Waals surface area (Å²) >= 11 is 0. The van der Waals surface area contributed by atoms with Crippen molar-refractivity contribution in [3.05, 3.63) is 22.8 Å². The molecule has 10 heteroatoms. The average molecular weight is 509 g/mol. The second-order valence-corrected chi connectivity index (χ2v) is 9.91. The largest absolute Gasteiger partial charge is 0.507 e. The van der Waals surface area contributed by atoms with Crippen LogP contribution in [0.3, 0.4) is 0 Å². The van der Waals surface area contributed by atoms with Crippen molar-refractivity contribution >= 4 is 12.0 Å². The maximum Gasteiger partial charge on any atom is 0.189 e. The van der Waals surface area contributed by atoms with Gasteiger partial charge in [0.15, 0.2) is 17.7 Å². The lowest BCUT2D eigenvalue weighted by Gasteiger charge is -2.39. The van der Waals surface area contributed by atoms with Crippen LogP contribution in [0.1, 0.15) is 81.0 Å². The Morgan fingerprint density at radius 1 is 1.31 bits per heavy atom. The van der Waals surface area contributed by atoms with Crippen molar-refractivity contribution in [1.82, 2.24) is 5.43 Å². The maximum absolute atomic E-state index is 13.9. The summed E-state index contributed by atoms with van der Waals surface area (Å²) in [5.74, 6) is -1.86. The maximum atomic E-state index is 13.9. The number of benzene rings is 1. The fourth-order valence-electron chi connectivity index (χ4n) is 5.40. The summed E-state index contributed by atoms with van der Waals surface area (Å²) in [6.45, 7) is 7.66. The zero-order valence-electron chi connectivity index (χ0n) is 21.9. The number of hydrazone groups is 1. The molecule has 10 nitrogen and oxygen atoms in total. The van der Waals surface area contributed by atoms with Gasteiger partial charge < -0.3 is 40.1 Å². The summed E-state index contributed by atoms with van der Waals surface area (Å²) < 4.78 is 17.1. The van der Waals surface area contributed by atoms with Crippen molar-refractivity contribution in [2.45, 2.75) is 89.7 Å². The monoisotopic (exact) mass is 508 g/mol. The van der Waals surface area contributed by atoms with Crippen LogP contribution in [0.15, 0.2) is 11.2 Å². The van der Waals surface area contributed by atoms with Gasteiger partial charge in [-0.15, -0.1) is 0 Å².